The fourth-order valence-corrected chi connectivity index (χ4v) is 7.39. The van der Waals surface area contributed by atoms with E-state index < -0.39 is 44.0 Å². The smallest absolute Gasteiger partial charge is 0.294 e. The molecule has 1 aliphatic carbocycles. The Morgan fingerprint density at radius 1 is 0.829 bits per heavy atom. The highest BCUT2D eigenvalue weighted by Crippen LogP contribution is 2.54. The first-order chi connectivity index (χ1) is 19.0. The van der Waals surface area contributed by atoms with Gasteiger partial charge in [0.15, 0.2) is 15.6 Å². The van der Waals surface area contributed by atoms with Crippen LogP contribution < -0.4 is 0 Å². The standard InChI is InChI=1S/C27H22F8N2O3S/c28-21-5-7-22(8-6-21)41(39,40)24(12-9-17(10-13-24)15-23(38)18-11-14-36-37-16-18)19-1-3-20(4-2-19)25(29,26(30,31)32)27(33,34)35/h1-8,11,14,16-17H,9-10,12-13,15H2. The number of hydrogen-bond donors (Lipinski definition) is 0. The Bertz CT molecular complexity index is 1470. The molecule has 0 amide bonds. The Morgan fingerprint density at radius 3 is 1.88 bits per heavy atom. The van der Waals surface area contributed by atoms with Gasteiger partial charge in [-0.2, -0.15) is 36.5 Å². The molecule has 0 saturated heterocycles. The SMILES string of the molecule is O=C(CC1CCC(c2ccc(C(F)(C(F)(F)F)C(F)(F)F)cc2)(S(=O)(=O)c2ccc(F)cc2)CC1)c1ccnnc1. The average Bonchev–Trinajstić information content (AvgIpc) is 2.92. The van der Waals surface area contributed by atoms with Gasteiger partial charge >= 0.3 is 18.0 Å². The van der Waals surface area contributed by atoms with Crippen LogP contribution in [-0.2, 0) is 20.3 Å². The third kappa shape index (κ3) is 5.45. The van der Waals surface area contributed by atoms with Crippen LogP contribution in [0.3, 0.4) is 0 Å². The van der Waals surface area contributed by atoms with E-state index in [9.17, 15) is 48.3 Å². The second-order valence-corrected chi connectivity index (χ2v) is 12.1. The Balaban J connectivity index is 1.72. The second-order valence-electron chi connectivity index (χ2n) is 9.88. The van der Waals surface area contributed by atoms with Crippen molar-refractivity contribution >= 4 is 15.6 Å². The van der Waals surface area contributed by atoms with Gasteiger partial charge in [-0.1, -0.05) is 24.3 Å². The molecule has 2 aromatic carbocycles. The molecule has 220 valence electrons. The number of sulfone groups is 1. The lowest BCUT2D eigenvalue weighted by Gasteiger charge is -2.40. The number of rotatable bonds is 7. The van der Waals surface area contributed by atoms with Crippen LogP contribution in [-0.4, -0.2) is 36.8 Å². The summed E-state index contributed by atoms with van der Waals surface area (Å²) in [7, 11) is -4.41. The number of benzene rings is 2. The Labute approximate surface area is 229 Å². The quantitative estimate of drug-likeness (QED) is 0.164. The normalized spacial score (nSPS) is 20.5. The van der Waals surface area contributed by atoms with E-state index in [1.807, 2.05) is 0 Å². The molecule has 1 aromatic heterocycles. The average molecular weight is 607 g/mol. The molecular weight excluding hydrogens is 584 g/mol. The van der Waals surface area contributed by atoms with Gasteiger partial charge < -0.3 is 0 Å². The van der Waals surface area contributed by atoms with E-state index in [0.717, 1.165) is 36.4 Å². The number of aromatic nitrogens is 2. The van der Waals surface area contributed by atoms with Gasteiger partial charge in [0.1, 0.15) is 10.6 Å². The number of carbonyl (C=O) groups is 1. The minimum Gasteiger partial charge on any atom is -0.294 e. The molecular formula is C27H22F8N2O3S. The number of ketones is 1. The van der Waals surface area contributed by atoms with Crippen LogP contribution in [0.15, 0.2) is 71.9 Å². The molecule has 14 heteroatoms. The van der Waals surface area contributed by atoms with Crippen molar-refractivity contribution in [2.75, 3.05) is 0 Å². The zero-order chi connectivity index (χ0) is 30.3. The van der Waals surface area contributed by atoms with E-state index in [4.69, 9.17) is 0 Å². The number of hydrogen-bond acceptors (Lipinski definition) is 5. The van der Waals surface area contributed by atoms with Crippen LogP contribution in [0.2, 0.25) is 0 Å². The maximum Gasteiger partial charge on any atom is 0.435 e. The molecule has 0 unspecified atom stereocenters. The highest BCUT2D eigenvalue weighted by atomic mass is 32.2. The number of carbonyl (C=O) groups excluding carboxylic acids is 1. The van der Waals surface area contributed by atoms with Crippen molar-refractivity contribution in [1.82, 2.24) is 10.2 Å². The van der Waals surface area contributed by atoms with Gasteiger partial charge in [-0.3, -0.25) is 4.79 Å². The topological polar surface area (TPSA) is 77.0 Å². The first-order valence-corrected chi connectivity index (χ1v) is 13.7. The maximum atomic E-state index is 14.6. The summed E-state index contributed by atoms with van der Waals surface area (Å²) in [6, 6.07) is 7.35. The Kier molecular flexibility index (Phi) is 8.02. The number of Topliss-reactive ketones (excluding diaryl/α,β-unsaturated/α-hetero) is 1. The lowest BCUT2D eigenvalue weighted by Crippen LogP contribution is -2.50. The fourth-order valence-electron chi connectivity index (χ4n) is 5.23. The first-order valence-electron chi connectivity index (χ1n) is 12.3. The Hall–Kier alpha value is -3.42. The van der Waals surface area contributed by atoms with E-state index in [-0.39, 0.29) is 66.4 Å². The molecule has 4 rings (SSSR count). The summed E-state index contributed by atoms with van der Waals surface area (Å²) in [6.45, 7) is 0. The van der Waals surface area contributed by atoms with Crippen molar-refractivity contribution in [2.24, 2.45) is 5.92 Å². The third-order valence-corrected chi connectivity index (χ3v) is 10.1. The molecule has 0 radical (unpaired) electrons. The molecule has 0 atom stereocenters. The summed E-state index contributed by atoms with van der Waals surface area (Å²) in [5.74, 6) is -1.28. The van der Waals surface area contributed by atoms with Crippen molar-refractivity contribution in [3.05, 3.63) is 89.5 Å². The van der Waals surface area contributed by atoms with Crippen LogP contribution in [0, 0.1) is 11.7 Å². The van der Waals surface area contributed by atoms with Crippen molar-refractivity contribution in [3.63, 3.8) is 0 Å². The highest BCUT2D eigenvalue weighted by molar-refractivity contribution is 7.92. The molecule has 1 heterocycles. The molecule has 1 saturated carbocycles. The summed E-state index contributed by atoms with van der Waals surface area (Å²) >= 11 is 0. The van der Waals surface area contributed by atoms with Gasteiger partial charge in [0.25, 0.3) is 0 Å². The lowest BCUT2D eigenvalue weighted by atomic mass is 9.75. The molecule has 0 spiro atoms. The number of halogens is 8. The third-order valence-electron chi connectivity index (χ3n) is 7.52. The molecule has 0 N–H and O–H groups in total. The summed E-state index contributed by atoms with van der Waals surface area (Å²) in [6.07, 6.45) is -10.0. The van der Waals surface area contributed by atoms with Gasteiger partial charge in [0, 0.05) is 17.5 Å². The molecule has 5 nitrogen and oxygen atoms in total. The maximum absolute atomic E-state index is 14.6. The largest absolute Gasteiger partial charge is 0.435 e. The van der Waals surface area contributed by atoms with Gasteiger partial charge in [-0.05, 0) is 67.5 Å². The van der Waals surface area contributed by atoms with E-state index >= 15 is 0 Å². The fraction of sp³-hybridized carbons (Fsp3) is 0.370. The van der Waals surface area contributed by atoms with Crippen molar-refractivity contribution in [3.8, 4) is 0 Å². The highest BCUT2D eigenvalue weighted by Gasteiger charge is 2.73. The van der Waals surface area contributed by atoms with Crippen LogP contribution >= 0.6 is 0 Å². The predicted molar refractivity (Wildman–Crippen MR) is 130 cm³/mol. The predicted octanol–water partition coefficient (Wildman–Crippen LogP) is 7.04. The molecule has 1 aliphatic rings. The van der Waals surface area contributed by atoms with Crippen LogP contribution in [0.4, 0.5) is 35.1 Å². The molecule has 41 heavy (non-hydrogen) atoms. The summed E-state index contributed by atoms with van der Waals surface area (Å²) in [5.41, 5.74) is -7.28. The van der Waals surface area contributed by atoms with Crippen molar-refractivity contribution in [2.45, 2.75) is 59.8 Å². The van der Waals surface area contributed by atoms with E-state index in [1.54, 1.807) is 0 Å². The summed E-state index contributed by atoms with van der Waals surface area (Å²) < 4.78 is 134. The molecule has 1 fully saturated rings. The van der Waals surface area contributed by atoms with Gasteiger partial charge in [-0.25, -0.2) is 17.2 Å². The van der Waals surface area contributed by atoms with Crippen LogP contribution in [0.1, 0.15) is 53.6 Å². The van der Waals surface area contributed by atoms with Crippen LogP contribution in [0.5, 0.6) is 0 Å². The number of alkyl halides is 7. The van der Waals surface area contributed by atoms with E-state index in [1.165, 1.54) is 18.5 Å². The monoisotopic (exact) mass is 606 g/mol. The zero-order valence-corrected chi connectivity index (χ0v) is 21.8. The molecule has 0 bridgehead atoms. The molecule has 0 aliphatic heterocycles. The lowest BCUT2D eigenvalue weighted by molar-refractivity contribution is -0.348. The van der Waals surface area contributed by atoms with Gasteiger partial charge in [0.2, 0.25) is 0 Å². The number of nitrogens with zero attached hydrogens (tertiary/aromatic N) is 2. The molecule has 3 aromatic rings. The summed E-state index contributed by atoms with van der Waals surface area (Å²) in [4.78, 5) is 12.3. The van der Waals surface area contributed by atoms with E-state index in [0.29, 0.717) is 5.56 Å². The first kappa shape index (κ1) is 30.5. The van der Waals surface area contributed by atoms with E-state index in [2.05, 4.69) is 10.2 Å². The van der Waals surface area contributed by atoms with Crippen molar-refractivity contribution in [1.29, 1.82) is 0 Å². The minimum atomic E-state index is -6.33. The van der Waals surface area contributed by atoms with Gasteiger partial charge in [-0.15, -0.1) is 0 Å². The minimum absolute atomic E-state index is 0.0405. The zero-order valence-electron chi connectivity index (χ0n) is 21.0. The van der Waals surface area contributed by atoms with Crippen LogP contribution in [0.25, 0.3) is 0 Å². The van der Waals surface area contributed by atoms with Crippen molar-refractivity contribution < 1.29 is 48.3 Å². The summed E-state index contributed by atoms with van der Waals surface area (Å²) in [5, 5.41) is 7.24. The Morgan fingerprint density at radius 2 is 1.39 bits per heavy atom. The second kappa shape index (κ2) is 10.8. The van der Waals surface area contributed by atoms with Gasteiger partial charge in [0.05, 0.1) is 17.3 Å².